The Morgan fingerprint density at radius 3 is 3.00 bits per heavy atom. The third kappa shape index (κ3) is 1.89. The van der Waals surface area contributed by atoms with E-state index in [0.29, 0.717) is 18.8 Å². The van der Waals surface area contributed by atoms with E-state index in [1.165, 1.54) is 0 Å². The van der Waals surface area contributed by atoms with Crippen molar-refractivity contribution in [3.05, 3.63) is 29.3 Å². The highest BCUT2D eigenvalue weighted by Crippen LogP contribution is 2.41. The van der Waals surface area contributed by atoms with Crippen LogP contribution in [-0.2, 0) is 10.2 Å². The molecular formula is C13H17NO3. The van der Waals surface area contributed by atoms with Gasteiger partial charge in [0.05, 0.1) is 18.6 Å². The lowest BCUT2D eigenvalue weighted by Crippen LogP contribution is -2.32. The van der Waals surface area contributed by atoms with Crippen LogP contribution in [0.2, 0.25) is 0 Å². The van der Waals surface area contributed by atoms with Gasteiger partial charge in [0.2, 0.25) is 0 Å². The number of amides is 1. The Morgan fingerprint density at radius 1 is 1.59 bits per heavy atom. The molecule has 1 heterocycles. The summed E-state index contributed by atoms with van der Waals surface area (Å²) in [4.78, 5) is 11.9. The molecule has 0 spiro atoms. The van der Waals surface area contributed by atoms with E-state index in [1.54, 1.807) is 14.2 Å². The highest BCUT2D eigenvalue weighted by atomic mass is 16.5. The summed E-state index contributed by atoms with van der Waals surface area (Å²) in [7, 11) is 3.29. The molecule has 1 atom stereocenters. The third-order valence-corrected chi connectivity index (χ3v) is 3.11. The standard InChI is InChI=1S/C13H17NO3/c1-13(7-16-3)8-17-10-6-4-5-9(11(10)13)12(15)14-2/h4-6H,7-8H2,1-3H3,(H,14,15). The summed E-state index contributed by atoms with van der Waals surface area (Å²) in [5.74, 6) is 0.695. The second-order valence-electron chi connectivity index (χ2n) is 4.54. The van der Waals surface area contributed by atoms with E-state index in [-0.39, 0.29) is 11.3 Å². The van der Waals surface area contributed by atoms with Gasteiger partial charge in [-0.3, -0.25) is 4.79 Å². The summed E-state index contributed by atoms with van der Waals surface area (Å²) in [6, 6.07) is 5.55. The topological polar surface area (TPSA) is 47.6 Å². The molecular weight excluding hydrogens is 218 g/mol. The number of methoxy groups -OCH3 is 1. The van der Waals surface area contributed by atoms with Crippen molar-refractivity contribution in [3.63, 3.8) is 0 Å². The number of carbonyl (C=O) groups is 1. The Labute approximate surface area is 101 Å². The predicted molar refractivity (Wildman–Crippen MR) is 64.6 cm³/mol. The summed E-state index contributed by atoms with van der Waals surface area (Å²) >= 11 is 0. The number of hydrogen-bond acceptors (Lipinski definition) is 3. The molecule has 1 unspecified atom stereocenters. The zero-order chi connectivity index (χ0) is 12.5. The van der Waals surface area contributed by atoms with Gasteiger partial charge in [0, 0.05) is 25.3 Å². The number of rotatable bonds is 3. The van der Waals surface area contributed by atoms with E-state index in [4.69, 9.17) is 9.47 Å². The molecule has 1 amide bonds. The molecule has 1 aromatic carbocycles. The lowest BCUT2D eigenvalue weighted by molar-refractivity contribution is 0.0955. The van der Waals surface area contributed by atoms with E-state index in [1.807, 2.05) is 18.2 Å². The Bertz CT molecular complexity index is 440. The van der Waals surface area contributed by atoms with Gasteiger partial charge in [-0.25, -0.2) is 0 Å². The summed E-state index contributed by atoms with van der Waals surface area (Å²) in [6.45, 7) is 3.13. The van der Waals surface area contributed by atoms with Gasteiger partial charge in [-0.15, -0.1) is 0 Å². The molecule has 4 nitrogen and oxygen atoms in total. The van der Waals surface area contributed by atoms with Gasteiger partial charge >= 0.3 is 0 Å². The first-order valence-electron chi connectivity index (χ1n) is 5.59. The Morgan fingerprint density at radius 2 is 2.35 bits per heavy atom. The van der Waals surface area contributed by atoms with Crippen molar-refractivity contribution in [3.8, 4) is 5.75 Å². The van der Waals surface area contributed by atoms with Crippen molar-refractivity contribution in [2.45, 2.75) is 12.3 Å². The molecule has 0 saturated heterocycles. The van der Waals surface area contributed by atoms with Gasteiger partial charge in [0.15, 0.2) is 0 Å². The number of nitrogens with one attached hydrogen (secondary N) is 1. The number of carbonyl (C=O) groups excluding carboxylic acids is 1. The first-order chi connectivity index (χ1) is 8.12. The monoisotopic (exact) mass is 235 g/mol. The normalized spacial score (nSPS) is 21.8. The summed E-state index contributed by atoms with van der Waals surface area (Å²) in [5.41, 5.74) is 1.36. The van der Waals surface area contributed by atoms with Crippen LogP contribution in [0.4, 0.5) is 0 Å². The highest BCUT2D eigenvalue weighted by Gasteiger charge is 2.39. The minimum absolute atomic E-state index is 0.0883. The summed E-state index contributed by atoms with van der Waals surface area (Å²) < 4.78 is 10.9. The first kappa shape index (κ1) is 11.9. The van der Waals surface area contributed by atoms with E-state index in [0.717, 1.165) is 11.3 Å². The molecule has 1 aliphatic heterocycles. The van der Waals surface area contributed by atoms with Gasteiger partial charge in [0.1, 0.15) is 5.75 Å². The van der Waals surface area contributed by atoms with Gasteiger partial charge in [-0.05, 0) is 19.1 Å². The smallest absolute Gasteiger partial charge is 0.251 e. The van der Waals surface area contributed by atoms with Crippen molar-refractivity contribution >= 4 is 5.91 Å². The molecule has 1 aliphatic rings. The van der Waals surface area contributed by atoms with Gasteiger partial charge < -0.3 is 14.8 Å². The second kappa shape index (κ2) is 4.37. The fourth-order valence-corrected chi connectivity index (χ4v) is 2.34. The molecule has 92 valence electrons. The van der Waals surface area contributed by atoms with Gasteiger partial charge in [-0.2, -0.15) is 0 Å². The van der Waals surface area contributed by atoms with Crippen LogP contribution in [-0.4, -0.2) is 33.3 Å². The zero-order valence-corrected chi connectivity index (χ0v) is 10.4. The van der Waals surface area contributed by atoms with Crippen LogP contribution >= 0.6 is 0 Å². The van der Waals surface area contributed by atoms with E-state index in [9.17, 15) is 4.79 Å². The minimum Gasteiger partial charge on any atom is -0.492 e. The van der Waals surface area contributed by atoms with Gasteiger partial charge in [0.25, 0.3) is 5.91 Å². The zero-order valence-electron chi connectivity index (χ0n) is 10.4. The molecule has 0 bridgehead atoms. The lowest BCUT2D eigenvalue weighted by Gasteiger charge is -2.23. The Hall–Kier alpha value is -1.55. The van der Waals surface area contributed by atoms with Crippen LogP contribution in [0.25, 0.3) is 0 Å². The molecule has 1 N–H and O–H groups in total. The summed E-state index contributed by atoms with van der Waals surface area (Å²) in [5, 5.41) is 2.66. The third-order valence-electron chi connectivity index (χ3n) is 3.11. The van der Waals surface area contributed by atoms with Crippen molar-refractivity contribution in [2.75, 3.05) is 27.4 Å². The van der Waals surface area contributed by atoms with E-state index in [2.05, 4.69) is 12.2 Å². The maximum Gasteiger partial charge on any atom is 0.251 e. The van der Waals surface area contributed by atoms with E-state index < -0.39 is 0 Å². The predicted octanol–water partition coefficient (Wildman–Crippen LogP) is 1.34. The largest absolute Gasteiger partial charge is 0.492 e. The molecule has 2 rings (SSSR count). The van der Waals surface area contributed by atoms with Crippen LogP contribution in [0.1, 0.15) is 22.8 Å². The first-order valence-corrected chi connectivity index (χ1v) is 5.59. The van der Waals surface area contributed by atoms with Crippen LogP contribution < -0.4 is 10.1 Å². The molecule has 0 saturated carbocycles. The van der Waals surface area contributed by atoms with Gasteiger partial charge in [-0.1, -0.05) is 6.07 Å². The quantitative estimate of drug-likeness (QED) is 0.860. The molecule has 0 aliphatic carbocycles. The van der Waals surface area contributed by atoms with Crippen LogP contribution in [0.5, 0.6) is 5.75 Å². The fourth-order valence-electron chi connectivity index (χ4n) is 2.34. The fraction of sp³-hybridized carbons (Fsp3) is 0.462. The molecule has 0 radical (unpaired) electrons. The van der Waals surface area contributed by atoms with Crippen molar-refractivity contribution < 1.29 is 14.3 Å². The number of benzene rings is 1. The molecule has 1 aromatic rings. The molecule has 4 heteroatoms. The minimum atomic E-state index is -0.257. The Kier molecular flexibility index (Phi) is 3.07. The van der Waals surface area contributed by atoms with Crippen molar-refractivity contribution in [1.82, 2.24) is 5.32 Å². The van der Waals surface area contributed by atoms with Crippen LogP contribution in [0, 0.1) is 0 Å². The lowest BCUT2D eigenvalue weighted by atomic mass is 9.82. The van der Waals surface area contributed by atoms with Crippen molar-refractivity contribution in [1.29, 1.82) is 0 Å². The molecule has 0 aromatic heterocycles. The van der Waals surface area contributed by atoms with Crippen molar-refractivity contribution in [2.24, 2.45) is 0 Å². The van der Waals surface area contributed by atoms with E-state index >= 15 is 0 Å². The number of fused-ring (bicyclic) bond motifs is 1. The molecule has 0 fully saturated rings. The second-order valence-corrected chi connectivity index (χ2v) is 4.54. The van der Waals surface area contributed by atoms with Crippen LogP contribution in [0.15, 0.2) is 18.2 Å². The Balaban J connectivity index is 2.52. The average molecular weight is 235 g/mol. The highest BCUT2D eigenvalue weighted by molar-refractivity contribution is 5.96. The maximum atomic E-state index is 11.9. The van der Waals surface area contributed by atoms with Crippen LogP contribution in [0.3, 0.4) is 0 Å². The molecule has 17 heavy (non-hydrogen) atoms. The summed E-state index contributed by atoms with van der Waals surface area (Å²) in [6.07, 6.45) is 0. The number of ether oxygens (including phenoxy) is 2. The SMILES string of the molecule is CNC(=O)c1cccc2c1C(C)(COC)CO2. The number of hydrogen-bond donors (Lipinski definition) is 1. The maximum absolute atomic E-state index is 11.9. The average Bonchev–Trinajstić information content (AvgIpc) is 2.67.